The number of hydrogen-bond donors (Lipinski definition) is 1. The third-order valence-corrected chi connectivity index (χ3v) is 5.15. The van der Waals surface area contributed by atoms with Crippen molar-refractivity contribution < 1.29 is 4.74 Å². The van der Waals surface area contributed by atoms with Gasteiger partial charge in [0, 0.05) is 37.6 Å². The van der Waals surface area contributed by atoms with E-state index in [2.05, 4.69) is 21.3 Å². The van der Waals surface area contributed by atoms with E-state index in [9.17, 15) is 0 Å². The molecule has 1 fully saturated rings. The highest BCUT2D eigenvalue weighted by molar-refractivity contribution is 7.22. The summed E-state index contributed by atoms with van der Waals surface area (Å²) in [7, 11) is 1.93. The van der Waals surface area contributed by atoms with Crippen LogP contribution in [0.4, 0.5) is 10.8 Å². The van der Waals surface area contributed by atoms with Gasteiger partial charge in [0.15, 0.2) is 5.82 Å². The van der Waals surface area contributed by atoms with Gasteiger partial charge in [-0.2, -0.15) is 0 Å². The molecule has 1 aliphatic rings. The zero-order valence-corrected chi connectivity index (χ0v) is 14.6. The van der Waals surface area contributed by atoms with Crippen molar-refractivity contribution >= 4 is 32.4 Å². The first-order chi connectivity index (χ1) is 11.7. The van der Waals surface area contributed by atoms with Crippen molar-refractivity contribution in [1.82, 2.24) is 15.0 Å². The molecule has 4 rings (SSSR count). The number of nitrogens with one attached hydrogen (secondary N) is 1. The summed E-state index contributed by atoms with van der Waals surface area (Å²) in [5, 5.41) is 5.39. The van der Waals surface area contributed by atoms with Crippen molar-refractivity contribution in [3.63, 3.8) is 0 Å². The summed E-state index contributed by atoms with van der Waals surface area (Å²) in [5.74, 6) is 1.71. The van der Waals surface area contributed by atoms with Crippen LogP contribution in [0.25, 0.3) is 21.6 Å². The molecule has 0 aromatic carbocycles. The molecule has 0 radical (unpaired) electrons. The molecule has 0 saturated carbocycles. The first-order valence-corrected chi connectivity index (χ1v) is 8.81. The topological polar surface area (TPSA) is 63.2 Å². The van der Waals surface area contributed by atoms with Crippen LogP contribution in [-0.4, -0.2) is 48.3 Å². The van der Waals surface area contributed by atoms with E-state index in [1.807, 2.05) is 32.3 Å². The molecular formula is C17H19N5OS. The number of nitrogens with zero attached hydrogens (tertiary/aromatic N) is 4. The van der Waals surface area contributed by atoms with Gasteiger partial charge < -0.3 is 15.0 Å². The van der Waals surface area contributed by atoms with Crippen LogP contribution in [-0.2, 0) is 4.74 Å². The summed E-state index contributed by atoms with van der Waals surface area (Å²) in [6.45, 7) is 5.14. The number of fused-ring (bicyclic) bond motifs is 1. The SMILES string of the molecule is CNc1cc2c(N3CCOCC3)nc(-c3ccc(C)nc3)nc2s1. The van der Waals surface area contributed by atoms with Crippen molar-refractivity contribution in [3.05, 3.63) is 30.1 Å². The Kier molecular flexibility index (Phi) is 4.03. The van der Waals surface area contributed by atoms with E-state index in [0.717, 1.165) is 64.4 Å². The van der Waals surface area contributed by atoms with Gasteiger partial charge in [0.05, 0.1) is 23.6 Å². The molecule has 7 heteroatoms. The fourth-order valence-electron chi connectivity index (χ4n) is 2.77. The zero-order valence-electron chi connectivity index (χ0n) is 13.7. The molecule has 6 nitrogen and oxygen atoms in total. The molecule has 1 N–H and O–H groups in total. The standard InChI is InChI=1S/C17H19N5OS/c1-11-3-4-12(10-19-11)15-20-16(22-5-7-23-8-6-22)13-9-14(18-2)24-17(13)21-15/h3-4,9-10,18H,5-8H2,1-2H3. The number of ether oxygens (including phenoxy) is 1. The predicted molar refractivity (Wildman–Crippen MR) is 98.0 cm³/mol. The number of hydrogen-bond acceptors (Lipinski definition) is 7. The fraction of sp³-hybridized carbons (Fsp3) is 0.353. The molecule has 0 aliphatic carbocycles. The van der Waals surface area contributed by atoms with Crippen LogP contribution in [0.5, 0.6) is 0 Å². The van der Waals surface area contributed by atoms with Crippen molar-refractivity contribution in [2.24, 2.45) is 0 Å². The Morgan fingerprint density at radius 3 is 2.75 bits per heavy atom. The van der Waals surface area contributed by atoms with E-state index in [1.54, 1.807) is 11.3 Å². The lowest BCUT2D eigenvalue weighted by Gasteiger charge is -2.28. The van der Waals surface area contributed by atoms with E-state index >= 15 is 0 Å². The van der Waals surface area contributed by atoms with Crippen molar-refractivity contribution in [2.75, 3.05) is 43.6 Å². The van der Waals surface area contributed by atoms with E-state index in [1.165, 1.54) is 0 Å². The maximum Gasteiger partial charge on any atom is 0.164 e. The van der Waals surface area contributed by atoms with Gasteiger partial charge in [-0.3, -0.25) is 4.98 Å². The number of aryl methyl sites for hydroxylation is 1. The van der Waals surface area contributed by atoms with Crippen LogP contribution in [0, 0.1) is 6.92 Å². The number of aromatic nitrogens is 3. The van der Waals surface area contributed by atoms with Crippen molar-refractivity contribution in [2.45, 2.75) is 6.92 Å². The number of pyridine rings is 1. The van der Waals surface area contributed by atoms with Crippen molar-refractivity contribution in [1.29, 1.82) is 0 Å². The Balaban J connectivity index is 1.87. The van der Waals surface area contributed by atoms with Gasteiger partial charge in [-0.15, -0.1) is 0 Å². The molecule has 0 atom stereocenters. The van der Waals surface area contributed by atoms with E-state index in [-0.39, 0.29) is 0 Å². The lowest BCUT2D eigenvalue weighted by Crippen LogP contribution is -2.37. The average molecular weight is 341 g/mol. The molecule has 124 valence electrons. The molecule has 24 heavy (non-hydrogen) atoms. The van der Waals surface area contributed by atoms with Crippen molar-refractivity contribution in [3.8, 4) is 11.4 Å². The summed E-state index contributed by atoms with van der Waals surface area (Å²) in [5.41, 5.74) is 1.93. The Hall–Kier alpha value is -2.25. The molecule has 1 aliphatic heterocycles. The molecular weight excluding hydrogens is 322 g/mol. The van der Waals surface area contributed by atoms with Gasteiger partial charge in [-0.05, 0) is 25.1 Å². The predicted octanol–water partition coefficient (Wildman–Crippen LogP) is 2.94. The maximum absolute atomic E-state index is 5.48. The smallest absolute Gasteiger partial charge is 0.164 e. The largest absolute Gasteiger partial charge is 0.380 e. The molecule has 0 bridgehead atoms. The number of rotatable bonds is 3. The molecule has 0 spiro atoms. The summed E-state index contributed by atoms with van der Waals surface area (Å²) in [4.78, 5) is 17.3. The highest BCUT2D eigenvalue weighted by atomic mass is 32.1. The first-order valence-electron chi connectivity index (χ1n) is 7.99. The minimum absolute atomic E-state index is 0.723. The van der Waals surface area contributed by atoms with E-state index in [4.69, 9.17) is 14.7 Å². The average Bonchev–Trinajstić information content (AvgIpc) is 3.05. The molecule has 0 amide bonds. The normalized spacial score (nSPS) is 15.0. The minimum atomic E-state index is 0.723. The van der Waals surface area contributed by atoms with Crippen LogP contribution >= 0.6 is 11.3 Å². The Morgan fingerprint density at radius 1 is 1.21 bits per heavy atom. The second kappa shape index (κ2) is 6.33. The Bertz CT molecular complexity index is 855. The Labute approximate surface area is 144 Å². The summed E-state index contributed by atoms with van der Waals surface area (Å²) >= 11 is 1.65. The van der Waals surface area contributed by atoms with Crippen LogP contribution < -0.4 is 10.2 Å². The lowest BCUT2D eigenvalue weighted by molar-refractivity contribution is 0.122. The Morgan fingerprint density at radius 2 is 2.04 bits per heavy atom. The monoisotopic (exact) mass is 341 g/mol. The lowest BCUT2D eigenvalue weighted by atomic mass is 10.2. The number of anilines is 2. The van der Waals surface area contributed by atoms with Crippen LogP contribution in [0.2, 0.25) is 0 Å². The highest BCUT2D eigenvalue weighted by Crippen LogP contribution is 2.35. The van der Waals surface area contributed by atoms with Gasteiger partial charge in [-0.1, -0.05) is 11.3 Å². The van der Waals surface area contributed by atoms with Gasteiger partial charge in [-0.25, -0.2) is 9.97 Å². The molecule has 3 aromatic rings. The van der Waals surface area contributed by atoms with Crippen LogP contribution in [0.3, 0.4) is 0 Å². The second-order valence-corrected chi connectivity index (χ2v) is 6.77. The van der Waals surface area contributed by atoms with E-state index < -0.39 is 0 Å². The number of thiophene rings is 1. The third kappa shape index (κ3) is 2.81. The zero-order chi connectivity index (χ0) is 16.5. The third-order valence-electron chi connectivity index (χ3n) is 4.10. The van der Waals surface area contributed by atoms with Crippen LogP contribution in [0.15, 0.2) is 24.4 Å². The number of morpholine rings is 1. The second-order valence-electron chi connectivity index (χ2n) is 5.74. The summed E-state index contributed by atoms with van der Waals surface area (Å²) < 4.78 is 5.48. The molecule has 0 unspecified atom stereocenters. The first kappa shape index (κ1) is 15.3. The van der Waals surface area contributed by atoms with Gasteiger partial charge in [0.1, 0.15) is 10.6 Å². The minimum Gasteiger partial charge on any atom is -0.380 e. The van der Waals surface area contributed by atoms with Gasteiger partial charge in [0.25, 0.3) is 0 Å². The summed E-state index contributed by atoms with van der Waals surface area (Å²) in [6.07, 6.45) is 1.84. The van der Waals surface area contributed by atoms with Crippen LogP contribution in [0.1, 0.15) is 5.69 Å². The van der Waals surface area contributed by atoms with Gasteiger partial charge >= 0.3 is 0 Å². The summed E-state index contributed by atoms with van der Waals surface area (Å²) in [6, 6.07) is 6.14. The van der Waals surface area contributed by atoms with Gasteiger partial charge in [0.2, 0.25) is 0 Å². The fourth-order valence-corrected chi connectivity index (χ4v) is 3.65. The van der Waals surface area contributed by atoms with E-state index in [0.29, 0.717) is 0 Å². The molecule has 1 saturated heterocycles. The molecule has 4 heterocycles. The maximum atomic E-state index is 5.48. The molecule has 3 aromatic heterocycles. The quantitative estimate of drug-likeness (QED) is 0.790. The highest BCUT2D eigenvalue weighted by Gasteiger charge is 2.19.